The van der Waals surface area contributed by atoms with Gasteiger partial charge >= 0.3 is 0 Å². The van der Waals surface area contributed by atoms with E-state index in [1.165, 1.54) is 98.7 Å². The monoisotopic (exact) mass is 734 g/mol. The molecular formula is C57H34O. The fourth-order valence-corrected chi connectivity index (χ4v) is 10.7. The number of hydrogen-bond donors (Lipinski definition) is 0. The predicted octanol–water partition coefficient (Wildman–Crippen LogP) is 15.3. The van der Waals surface area contributed by atoms with Crippen molar-refractivity contribution in [3.05, 3.63) is 229 Å². The van der Waals surface area contributed by atoms with Crippen molar-refractivity contribution in [3.8, 4) is 33.4 Å². The van der Waals surface area contributed by atoms with Crippen LogP contribution in [0.25, 0.3) is 98.4 Å². The Hall–Kier alpha value is -7.48. The molecule has 0 fully saturated rings. The van der Waals surface area contributed by atoms with Gasteiger partial charge in [-0.1, -0.05) is 176 Å². The summed E-state index contributed by atoms with van der Waals surface area (Å²) in [5, 5.41) is 12.5. The van der Waals surface area contributed by atoms with Crippen LogP contribution in [0, 0.1) is 0 Å². The molecule has 13 rings (SSSR count). The van der Waals surface area contributed by atoms with Crippen molar-refractivity contribution in [1.82, 2.24) is 0 Å². The second-order valence-corrected chi connectivity index (χ2v) is 15.9. The van der Waals surface area contributed by atoms with Crippen molar-refractivity contribution in [2.75, 3.05) is 0 Å². The second kappa shape index (κ2) is 11.8. The van der Waals surface area contributed by atoms with E-state index >= 15 is 0 Å². The highest BCUT2D eigenvalue weighted by molar-refractivity contribution is 6.25. The van der Waals surface area contributed by atoms with E-state index in [1.54, 1.807) is 0 Å². The number of para-hydroxylation sites is 1. The lowest BCUT2D eigenvalue weighted by molar-refractivity contribution is 0.669. The zero-order chi connectivity index (χ0) is 38.0. The molecule has 0 radical (unpaired) electrons. The molecule has 0 N–H and O–H groups in total. The lowest BCUT2D eigenvalue weighted by Crippen LogP contribution is -2.28. The molecule has 11 aromatic carbocycles. The molecule has 1 aliphatic carbocycles. The molecule has 0 atom stereocenters. The van der Waals surface area contributed by atoms with Gasteiger partial charge in [-0.25, -0.2) is 0 Å². The summed E-state index contributed by atoms with van der Waals surface area (Å²) in [7, 11) is 0. The van der Waals surface area contributed by atoms with Crippen LogP contribution >= 0.6 is 0 Å². The molecule has 1 nitrogen and oxygen atoms in total. The summed E-state index contributed by atoms with van der Waals surface area (Å²) < 4.78 is 6.37. The van der Waals surface area contributed by atoms with Gasteiger partial charge in [0.1, 0.15) is 11.2 Å². The number of rotatable bonds is 4. The number of fused-ring (bicyclic) bond motifs is 7. The lowest BCUT2D eigenvalue weighted by Gasteiger charge is -2.34. The van der Waals surface area contributed by atoms with Gasteiger partial charge < -0.3 is 4.42 Å². The zero-order valence-corrected chi connectivity index (χ0v) is 31.5. The van der Waals surface area contributed by atoms with E-state index in [4.69, 9.17) is 4.42 Å². The summed E-state index contributed by atoms with van der Waals surface area (Å²) in [5.41, 5.74) is 13.9. The van der Waals surface area contributed by atoms with Crippen LogP contribution in [-0.4, -0.2) is 0 Å². The molecule has 0 bridgehead atoms. The highest BCUT2D eigenvalue weighted by Gasteiger charge is 2.47. The molecule has 0 spiro atoms. The van der Waals surface area contributed by atoms with Gasteiger partial charge in [-0.2, -0.15) is 0 Å². The maximum absolute atomic E-state index is 6.37. The van der Waals surface area contributed by atoms with E-state index in [0.717, 1.165) is 21.9 Å². The standard InChI is InChI=1S/C57H34O/c1-3-14-41(15-4-1)57(42-16-5-2-6-17-42)49-20-9-7-19-47(49)56-50(57)34-40-32-38(43-28-24-37-23-22-35-12-11-13-36-25-30-46(43)54(37)53(35)36)26-29-44(40)55(56)39-27-31-52-48(33-39)45-18-8-10-21-51(45)58-52/h1-34H. The Bertz CT molecular complexity index is 3550. The minimum atomic E-state index is -0.535. The Morgan fingerprint density at radius 3 is 1.76 bits per heavy atom. The highest BCUT2D eigenvalue weighted by Crippen LogP contribution is 2.60. The summed E-state index contributed by atoms with van der Waals surface area (Å²) >= 11 is 0. The molecule has 268 valence electrons. The summed E-state index contributed by atoms with van der Waals surface area (Å²) in [5.74, 6) is 0. The van der Waals surface area contributed by atoms with E-state index in [-0.39, 0.29) is 0 Å². The third-order valence-electron chi connectivity index (χ3n) is 13.1. The molecule has 0 amide bonds. The fraction of sp³-hybridized carbons (Fsp3) is 0.0175. The van der Waals surface area contributed by atoms with Crippen LogP contribution in [0.5, 0.6) is 0 Å². The molecule has 58 heavy (non-hydrogen) atoms. The van der Waals surface area contributed by atoms with E-state index in [2.05, 4.69) is 200 Å². The van der Waals surface area contributed by atoms with Gasteiger partial charge in [0.2, 0.25) is 0 Å². The van der Waals surface area contributed by atoms with Crippen molar-refractivity contribution in [2.24, 2.45) is 0 Å². The van der Waals surface area contributed by atoms with Gasteiger partial charge in [-0.3, -0.25) is 0 Å². The maximum Gasteiger partial charge on any atom is 0.135 e. The molecule has 0 saturated heterocycles. The molecular weight excluding hydrogens is 701 g/mol. The smallest absolute Gasteiger partial charge is 0.135 e. The SMILES string of the molecule is c1ccc(C2(c3ccccc3)c3ccccc3-c3c2cc2cc(-c4ccc5ccc6cccc7ccc4c5c67)ccc2c3-c2ccc3oc4ccccc4c3c2)cc1. The van der Waals surface area contributed by atoms with Gasteiger partial charge in [0.05, 0.1) is 5.41 Å². The molecule has 0 aliphatic heterocycles. The van der Waals surface area contributed by atoms with Crippen molar-refractivity contribution in [3.63, 3.8) is 0 Å². The Kier molecular flexibility index (Phi) is 6.43. The van der Waals surface area contributed by atoms with Crippen LogP contribution in [0.1, 0.15) is 22.3 Å². The minimum absolute atomic E-state index is 0.535. The number of benzene rings is 11. The fourth-order valence-electron chi connectivity index (χ4n) is 10.7. The van der Waals surface area contributed by atoms with Crippen LogP contribution in [0.4, 0.5) is 0 Å². The third kappa shape index (κ3) is 4.20. The Morgan fingerprint density at radius 1 is 0.310 bits per heavy atom. The number of hydrogen-bond acceptors (Lipinski definition) is 1. The van der Waals surface area contributed by atoms with Crippen LogP contribution in [0.15, 0.2) is 211 Å². The first-order chi connectivity index (χ1) is 28.8. The Labute approximate surface area is 335 Å². The molecule has 0 unspecified atom stereocenters. The van der Waals surface area contributed by atoms with E-state index in [9.17, 15) is 0 Å². The van der Waals surface area contributed by atoms with Crippen molar-refractivity contribution >= 4 is 65.0 Å². The zero-order valence-electron chi connectivity index (χ0n) is 31.5. The predicted molar refractivity (Wildman–Crippen MR) is 243 cm³/mol. The van der Waals surface area contributed by atoms with Crippen LogP contribution in [0.3, 0.4) is 0 Å². The maximum atomic E-state index is 6.37. The van der Waals surface area contributed by atoms with Gasteiger partial charge in [-0.15, -0.1) is 0 Å². The quantitative estimate of drug-likeness (QED) is 0.164. The average molecular weight is 735 g/mol. The van der Waals surface area contributed by atoms with Crippen LogP contribution in [-0.2, 0) is 5.41 Å². The summed E-state index contributed by atoms with van der Waals surface area (Å²) in [6.07, 6.45) is 0. The average Bonchev–Trinajstić information content (AvgIpc) is 3.81. The normalized spacial score (nSPS) is 13.3. The second-order valence-electron chi connectivity index (χ2n) is 15.9. The molecule has 1 aliphatic rings. The molecule has 1 heterocycles. The molecule has 1 aromatic heterocycles. The Balaban J connectivity index is 1.17. The van der Waals surface area contributed by atoms with Gasteiger partial charge in [0.15, 0.2) is 0 Å². The topological polar surface area (TPSA) is 13.1 Å². The largest absolute Gasteiger partial charge is 0.456 e. The first-order valence-electron chi connectivity index (χ1n) is 20.2. The van der Waals surface area contributed by atoms with Crippen molar-refractivity contribution < 1.29 is 4.42 Å². The number of furan rings is 1. The summed E-state index contributed by atoms with van der Waals surface area (Å²) in [6, 6.07) is 76.6. The first kappa shape index (κ1) is 31.7. The lowest BCUT2D eigenvalue weighted by atomic mass is 9.67. The molecule has 1 heteroatoms. The third-order valence-corrected chi connectivity index (χ3v) is 13.1. The van der Waals surface area contributed by atoms with Gasteiger partial charge in [-0.05, 0) is 129 Å². The van der Waals surface area contributed by atoms with Crippen molar-refractivity contribution in [2.45, 2.75) is 5.41 Å². The van der Waals surface area contributed by atoms with Crippen LogP contribution in [0.2, 0.25) is 0 Å². The minimum Gasteiger partial charge on any atom is -0.456 e. The summed E-state index contributed by atoms with van der Waals surface area (Å²) in [6.45, 7) is 0. The van der Waals surface area contributed by atoms with Gasteiger partial charge in [0, 0.05) is 10.8 Å². The molecule has 0 saturated carbocycles. The van der Waals surface area contributed by atoms with E-state index in [1.807, 2.05) is 6.07 Å². The Morgan fingerprint density at radius 2 is 0.948 bits per heavy atom. The molecule has 12 aromatic rings. The first-order valence-corrected chi connectivity index (χ1v) is 20.2. The van der Waals surface area contributed by atoms with E-state index in [0.29, 0.717) is 0 Å². The van der Waals surface area contributed by atoms with Gasteiger partial charge in [0.25, 0.3) is 0 Å². The summed E-state index contributed by atoms with van der Waals surface area (Å²) in [4.78, 5) is 0. The van der Waals surface area contributed by atoms with Crippen molar-refractivity contribution in [1.29, 1.82) is 0 Å². The van der Waals surface area contributed by atoms with E-state index < -0.39 is 5.41 Å². The van der Waals surface area contributed by atoms with Crippen LogP contribution < -0.4 is 0 Å². The highest BCUT2D eigenvalue weighted by atomic mass is 16.3.